The van der Waals surface area contributed by atoms with E-state index in [1.807, 2.05) is 0 Å². The van der Waals surface area contributed by atoms with Gasteiger partial charge in [0.2, 0.25) is 0 Å². The van der Waals surface area contributed by atoms with Gasteiger partial charge in [0.25, 0.3) is 0 Å². The zero-order valence-electron chi connectivity index (χ0n) is 19.2. The van der Waals surface area contributed by atoms with E-state index in [9.17, 15) is 0 Å². The Kier molecular flexibility index (Phi) is 4.64. The summed E-state index contributed by atoms with van der Waals surface area (Å²) in [6, 6.07) is 28.4. The van der Waals surface area contributed by atoms with Crippen molar-refractivity contribution in [3.8, 4) is 29.2 Å². The Balaban J connectivity index is 1.94. The van der Waals surface area contributed by atoms with E-state index in [2.05, 4.69) is 112 Å². The molecule has 32 heavy (non-hydrogen) atoms. The number of hydrogen-bond acceptors (Lipinski definition) is 1. The molecule has 1 heteroatoms. The summed E-state index contributed by atoms with van der Waals surface area (Å²) in [6.07, 6.45) is 5.63. The monoisotopic (exact) mass is 416 g/mol. The van der Waals surface area contributed by atoms with Crippen LogP contribution in [0.25, 0.3) is 21.9 Å². The van der Waals surface area contributed by atoms with E-state index in [0.29, 0.717) is 0 Å². The maximum absolute atomic E-state index is 6.30. The minimum atomic E-state index is -0.354. The van der Waals surface area contributed by atoms with E-state index >= 15 is 0 Å². The van der Waals surface area contributed by atoms with Crippen LogP contribution in [0.2, 0.25) is 0 Å². The lowest BCUT2D eigenvalue weighted by Gasteiger charge is -2.33. The number of terminal acetylenes is 1. The first-order chi connectivity index (χ1) is 15.4. The van der Waals surface area contributed by atoms with E-state index in [1.165, 1.54) is 44.2 Å². The van der Waals surface area contributed by atoms with Crippen molar-refractivity contribution in [1.82, 2.24) is 0 Å². The summed E-state index contributed by atoms with van der Waals surface area (Å²) in [5.41, 5.74) is 7.27. The van der Waals surface area contributed by atoms with Gasteiger partial charge in [0, 0.05) is 11.0 Å². The molecule has 0 fully saturated rings. The third-order valence-electron chi connectivity index (χ3n) is 6.85. The zero-order chi connectivity index (χ0) is 22.5. The second-order valence-electron chi connectivity index (χ2n) is 9.80. The van der Waals surface area contributed by atoms with Crippen LogP contribution >= 0.6 is 0 Å². The second kappa shape index (κ2) is 7.28. The number of fused-ring (bicyclic) bond motifs is 4. The van der Waals surface area contributed by atoms with Crippen LogP contribution in [0.1, 0.15) is 49.9 Å². The molecule has 4 aromatic rings. The minimum absolute atomic E-state index is 0.0290. The molecule has 0 aromatic heterocycles. The quantitative estimate of drug-likeness (QED) is 0.315. The summed E-state index contributed by atoms with van der Waals surface area (Å²) in [5, 5.41) is 2.49. The molecule has 0 saturated heterocycles. The zero-order valence-corrected chi connectivity index (χ0v) is 19.2. The van der Waals surface area contributed by atoms with Crippen LogP contribution in [0.5, 0.6) is 5.75 Å². The van der Waals surface area contributed by atoms with Crippen LogP contribution in [0.3, 0.4) is 0 Å². The van der Waals surface area contributed by atoms with Gasteiger partial charge in [-0.25, -0.2) is 0 Å². The molecule has 1 aliphatic rings. The molecule has 0 unspecified atom stereocenters. The van der Waals surface area contributed by atoms with Gasteiger partial charge in [-0.05, 0) is 57.0 Å². The molecule has 0 aliphatic heterocycles. The lowest BCUT2D eigenvalue weighted by Crippen LogP contribution is -2.25. The van der Waals surface area contributed by atoms with E-state index in [-0.39, 0.29) is 17.4 Å². The maximum atomic E-state index is 6.30. The Hall–Kier alpha value is -3.50. The highest BCUT2D eigenvalue weighted by Crippen LogP contribution is 2.56. The molecule has 0 amide bonds. The van der Waals surface area contributed by atoms with Gasteiger partial charge < -0.3 is 4.74 Å². The van der Waals surface area contributed by atoms with Crippen LogP contribution < -0.4 is 4.74 Å². The summed E-state index contributed by atoms with van der Waals surface area (Å²) in [7, 11) is 0. The van der Waals surface area contributed by atoms with Crippen molar-refractivity contribution in [3.05, 3.63) is 101 Å². The highest BCUT2D eigenvalue weighted by Gasteiger charge is 2.43. The molecule has 1 aliphatic carbocycles. The molecule has 4 aromatic carbocycles. The molecule has 1 nitrogen and oxygen atoms in total. The van der Waals surface area contributed by atoms with Crippen molar-refractivity contribution in [3.63, 3.8) is 0 Å². The second-order valence-corrected chi connectivity index (χ2v) is 9.80. The van der Waals surface area contributed by atoms with Crippen molar-refractivity contribution >= 4 is 10.8 Å². The fourth-order valence-corrected chi connectivity index (χ4v) is 5.44. The smallest absolute Gasteiger partial charge is 0.148 e. The fourth-order valence-electron chi connectivity index (χ4n) is 5.44. The van der Waals surface area contributed by atoms with Gasteiger partial charge in [-0.3, -0.25) is 0 Å². The molecule has 0 bridgehead atoms. The van der Waals surface area contributed by atoms with Crippen molar-refractivity contribution in [1.29, 1.82) is 0 Å². The SMILES string of the molecule is C#CCOc1cc(C(C)(C)C)c2ccccc2c1C1(C)c2ccccc2-c2ccccc21. The Morgan fingerprint density at radius 2 is 1.34 bits per heavy atom. The van der Waals surface area contributed by atoms with Gasteiger partial charge in [0.15, 0.2) is 0 Å². The highest BCUT2D eigenvalue weighted by atomic mass is 16.5. The van der Waals surface area contributed by atoms with E-state index < -0.39 is 0 Å². The normalized spacial score (nSPS) is 14.0. The standard InChI is InChI=1S/C31H28O/c1-6-19-32-28-20-27(30(2,3)4)23-15-7-8-16-24(23)29(28)31(5)25-17-11-9-13-21(25)22-14-10-12-18-26(22)31/h1,7-18,20H,19H2,2-5H3. The number of benzene rings is 4. The third-order valence-corrected chi connectivity index (χ3v) is 6.85. The summed E-state index contributed by atoms with van der Waals surface area (Å²) in [4.78, 5) is 0. The van der Waals surface area contributed by atoms with Gasteiger partial charge >= 0.3 is 0 Å². The number of ether oxygens (including phenoxy) is 1. The Morgan fingerprint density at radius 3 is 1.91 bits per heavy atom. The highest BCUT2D eigenvalue weighted by molar-refractivity contribution is 5.96. The average molecular weight is 417 g/mol. The Bertz CT molecular complexity index is 1330. The molecule has 0 spiro atoms. The number of rotatable bonds is 3. The van der Waals surface area contributed by atoms with Crippen LogP contribution in [0.4, 0.5) is 0 Å². The third kappa shape index (κ3) is 2.87. The van der Waals surface area contributed by atoms with E-state index in [1.54, 1.807) is 0 Å². The van der Waals surface area contributed by atoms with Crippen LogP contribution in [0.15, 0.2) is 78.9 Å². The van der Waals surface area contributed by atoms with Crippen molar-refractivity contribution in [2.24, 2.45) is 0 Å². The molecular formula is C31H28O. The van der Waals surface area contributed by atoms with E-state index in [0.717, 1.165) is 5.75 Å². The van der Waals surface area contributed by atoms with Crippen molar-refractivity contribution in [2.75, 3.05) is 6.61 Å². The molecule has 0 atom stereocenters. The van der Waals surface area contributed by atoms with Gasteiger partial charge in [-0.2, -0.15) is 0 Å². The van der Waals surface area contributed by atoms with Gasteiger partial charge in [-0.15, -0.1) is 6.42 Å². The molecule has 0 N–H and O–H groups in total. The van der Waals surface area contributed by atoms with Gasteiger partial charge in [0.05, 0.1) is 0 Å². The topological polar surface area (TPSA) is 9.23 Å². The lowest BCUT2D eigenvalue weighted by atomic mass is 9.70. The van der Waals surface area contributed by atoms with Gasteiger partial charge in [0.1, 0.15) is 12.4 Å². The minimum Gasteiger partial charge on any atom is -0.481 e. The maximum Gasteiger partial charge on any atom is 0.148 e. The van der Waals surface area contributed by atoms with E-state index in [4.69, 9.17) is 11.2 Å². The van der Waals surface area contributed by atoms with Crippen LogP contribution in [0, 0.1) is 12.3 Å². The largest absolute Gasteiger partial charge is 0.481 e. The molecule has 5 rings (SSSR count). The first-order valence-electron chi connectivity index (χ1n) is 11.2. The number of hydrogen-bond donors (Lipinski definition) is 0. The van der Waals surface area contributed by atoms with Crippen LogP contribution in [-0.4, -0.2) is 6.61 Å². The summed E-state index contributed by atoms with van der Waals surface area (Å²) >= 11 is 0. The predicted octanol–water partition coefficient (Wildman–Crippen LogP) is 7.48. The Morgan fingerprint density at radius 1 is 0.812 bits per heavy atom. The first-order valence-corrected chi connectivity index (χ1v) is 11.2. The summed E-state index contributed by atoms with van der Waals surface area (Å²) < 4.78 is 6.30. The summed E-state index contributed by atoms with van der Waals surface area (Å²) in [6.45, 7) is 9.33. The van der Waals surface area contributed by atoms with Gasteiger partial charge in [-0.1, -0.05) is 99.5 Å². The molecule has 0 heterocycles. The average Bonchev–Trinajstić information content (AvgIpc) is 3.06. The molecule has 0 radical (unpaired) electrons. The Labute approximate surface area is 191 Å². The van der Waals surface area contributed by atoms with Crippen LogP contribution in [-0.2, 0) is 10.8 Å². The molecule has 0 saturated carbocycles. The fraction of sp³-hybridized carbons (Fsp3) is 0.226. The lowest BCUT2D eigenvalue weighted by molar-refractivity contribution is 0.361. The van der Waals surface area contributed by atoms with Crippen molar-refractivity contribution in [2.45, 2.75) is 38.5 Å². The summed E-state index contributed by atoms with van der Waals surface area (Å²) in [5.74, 6) is 3.54. The predicted molar refractivity (Wildman–Crippen MR) is 134 cm³/mol. The molecule has 158 valence electrons. The molecular weight excluding hydrogens is 388 g/mol. The van der Waals surface area contributed by atoms with Crippen molar-refractivity contribution < 1.29 is 4.74 Å². The first kappa shape index (κ1) is 20.4.